The second-order valence-corrected chi connectivity index (χ2v) is 7.18. The first kappa shape index (κ1) is 18.2. The van der Waals surface area contributed by atoms with Crippen LogP contribution < -0.4 is 10.2 Å². The van der Waals surface area contributed by atoms with E-state index in [0.29, 0.717) is 30.7 Å². The minimum Gasteiger partial charge on any atom is -0.324 e. The number of piperidine rings is 1. The summed E-state index contributed by atoms with van der Waals surface area (Å²) in [6, 6.07) is 12.3. The molecule has 0 saturated carbocycles. The number of pyridine rings is 1. The van der Waals surface area contributed by atoms with Crippen molar-refractivity contribution in [3.63, 3.8) is 0 Å². The molecule has 1 saturated heterocycles. The van der Waals surface area contributed by atoms with Crippen molar-refractivity contribution in [3.05, 3.63) is 53.7 Å². The maximum absolute atomic E-state index is 12.5. The van der Waals surface area contributed by atoms with Crippen LogP contribution in [0.1, 0.15) is 24.0 Å². The molecule has 0 bridgehead atoms. The van der Waals surface area contributed by atoms with Crippen LogP contribution in [0.5, 0.6) is 0 Å². The highest BCUT2D eigenvalue weighted by Crippen LogP contribution is 2.26. The van der Waals surface area contributed by atoms with Crippen molar-refractivity contribution in [1.82, 2.24) is 15.1 Å². The van der Waals surface area contributed by atoms with Crippen molar-refractivity contribution in [2.24, 2.45) is 5.92 Å². The minimum absolute atomic E-state index is 0.0175. The van der Waals surface area contributed by atoms with E-state index >= 15 is 0 Å². The second-order valence-electron chi connectivity index (χ2n) is 7.18. The maximum Gasteiger partial charge on any atom is 0.324 e. The number of aromatic nitrogens is 3. The Hall–Kier alpha value is -3.22. The van der Waals surface area contributed by atoms with Crippen LogP contribution in [0.3, 0.4) is 0 Å². The molecule has 0 unspecified atom stereocenters. The monoisotopic (exact) mass is 377 g/mol. The van der Waals surface area contributed by atoms with Gasteiger partial charge in [0.05, 0.1) is 0 Å². The van der Waals surface area contributed by atoms with Gasteiger partial charge in [-0.25, -0.2) is 4.98 Å². The van der Waals surface area contributed by atoms with Gasteiger partial charge in [0.2, 0.25) is 11.7 Å². The lowest BCUT2D eigenvalue weighted by Crippen LogP contribution is -2.38. The first-order valence-corrected chi connectivity index (χ1v) is 9.48. The Balaban J connectivity index is 1.37. The molecule has 144 valence electrons. The molecule has 3 aromatic rings. The van der Waals surface area contributed by atoms with Gasteiger partial charge in [-0.1, -0.05) is 29.4 Å². The van der Waals surface area contributed by atoms with Gasteiger partial charge in [0, 0.05) is 30.8 Å². The highest BCUT2D eigenvalue weighted by atomic mass is 16.5. The van der Waals surface area contributed by atoms with E-state index in [0.717, 1.165) is 29.5 Å². The van der Waals surface area contributed by atoms with Gasteiger partial charge in [0.15, 0.2) is 0 Å². The molecule has 1 N–H and O–H groups in total. The number of hydrogen-bond donors (Lipinski definition) is 1. The van der Waals surface area contributed by atoms with Gasteiger partial charge in [-0.3, -0.25) is 4.79 Å². The van der Waals surface area contributed by atoms with Crippen molar-refractivity contribution in [3.8, 4) is 11.4 Å². The van der Waals surface area contributed by atoms with Crippen LogP contribution in [-0.2, 0) is 4.79 Å². The van der Waals surface area contributed by atoms with E-state index < -0.39 is 0 Å². The third kappa shape index (κ3) is 3.88. The fraction of sp³-hybridized carbons (Fsp3) is 0.333. The smallest absolute Gasteiger partial charge is 0.324 e. The summed E-state index contributed by atoms with van der Waals surface area (Å²) in [6.45, 7) is 5.41. The van der Waals surface area contributed by atoms with E-state index in [1.807, 2.05) is 55.1 Å². The van der Waals surface area contributed by atoms with Crippen LogP contribution in [-0.4, -0.2) is 34.1 Å². The Bertz CT molecular complexity index is 976. The maximum atomic E-state index is 12.5. The number of carbonyl (C=O) groups is 1. The number of carbonyl (C=O) groups excluding carboxylic acids is 1. The van der Waals surface area contributed by atoms with E-state index in [-0.39, 0.29) is 11.8 Å². The standard InChI is InChI=1S/C21H23N5O2/c1-14-7-10-22-18(13-14)23-20(27)16-8-11-26(12-9-16)21-24-19(25-28-21)17-6-4-3-5-15(17)2/h3-7,10,13,16H,8-9,11-12H2,1-2H3,(H,22,23,27). The number of hydrogen-bond acceptors (Lipinski definition) is 6. The summed E-state index contributed by atoms with van der Waals surface area (Å²) in [4.78, 5) is 23.3. The van der Waals surface area contributed by atoms with Crippen LogP contribution >= 0.6 is 0 Å². The van der Waals surface area contributed by atoms with Gasteiger partial charge in [-0.2, -0.15) is 4.98 Å². The molecule has 1 aliphatic heterocycles. The summed E-state index contributed by atoms with van der Waals surface area (Å²) in [7, 11) is 0. The fourth-order valence-electron chi connectivity index (χ4n) is 3.44. The molecular formula is C21H23N5O2. The molecule has 1 amide bonds. The number of anilines is 2. The van der Waals surface area contributed by atoms with Crippen molar-refractivity contribution >= 4 is 17.7 Å². The molecule has 0 aliphatic carbocycles. The first-order valence-electron chi connectivity index (χ1n) is 9.48. The molecule has 0 spiro atoms. The van der Waals surface area contributed by atoms with E-state index in [1.54, 1.807) is 6.20 Å². The average molecular weight is 377 g/mol. The number of nitrogens with one attached hydrogen (secondary N) is 1. The molecule has 0 atom stereocenters. The number of rotatable bonds is 4. The Morgan fingerprint density at radius 2 is 1.96 bits per heavy atom. The number of amides is 1. The Morgan fingerprint density at radius 1 is 1.18 bits per heavy atom. The van der Waals surface area contributed by atoms with E-state index in [1.165, 1.54) is 0 Å². The third-order valence-corrected chi connectivity index (χ3v) is 5.10. The molecule has 2 aromatic heterocycles. The summed E-state index contributed by atoms with van der Waals surface area (Å²) in [5, 5.41) is 7.04. The zero-order valence-electron chi connectivity index (χ0n) is 16.1. The average Bonchev–Trinajstić information content (AvgIpc) is 3.18. The molecule has 1 aliphatic rings. The Labute approximate surface area is 163 Å². The van der Waals surface area contributed by atoms with Crippen molar-refractivity contribution in [2.75, 3.05) is 23.3 Å². The number of aryl methyl sites for hydroxylation is 2. The number of benzene rings is 1. The van der Waals surface area contributed by atoms with Crippen molar-refractivity contribution in [1.29, 1.82) is 0 Å². The third-order valence-electron chi connectivity index (χ3n) is 5.10. The van der Waals surface area contributed by atoms with Gasteiger partial charge < -0.3 is 14.7 Å². The molecule has 0 radical (unpaired) electrons. The summed E-state index contributed by atoms with van der Waals surface area (Å²) in [5.41, 5.74) is 3.15. The normalized spacial score (nSPS) is 14.9. The van der Waals surface area contributed by atoms with Gasteiger partial charge >= 0.3 is 6.01 Å². The molecular weight excluding hydrogens is 354 g/mol. The first-order chi connectivity index (χ1) is 13.6. The second kappa shape index (κ2) is 7.80. The largest absolute Gasteiger partial charge is 0.324 e. The van der Waals surface area contributed by atoms with Gasteiger partial charge in [0.1, 0.15) is 5.82 Å². The van der Waals surface area contributed by atoms with Gasteiger partial charge in [0.25, 0.3) is 0 Å². The molecule has 3 heterocycles. The molecule has 7 nitrogen and oxygen atoms in total. The number of nitrogens with zero attached hydrogens (tertiary/aromatic N) is 4. The van der Waals surface area contributed by atoms with Crippen LogP contribution in [0.15, 0.2) is 47.1 Å². The topological polar surface area (TPSA) is 84.2 Å². The SMILES string of the molecule is Cc1ccnc(NC(=O)C2CCN(c3nc(-c4ccccc4C)no3)CC2)c1. The highest BCUT2D eigenvalue weighted by Gasteiger charge is 2.28. The molecule has 28 heavy (non-hydrogen) atoms. The molecule has 7 heteroatoms. The predicted octanol–water partition coefficient (Wildman–Crippen LogP) is 3.60. The Morgan fingerprint density at radius 3 is 2.71 bits per heavy atom. The van der Waals surface area contributed by atoms with Crippen LogP contribution in [0, 0.1) is 19.8 Å². The minimum atomic E-state index is -0.0441. The van der Waals surface area contributed by atoms with Gasteiger partial charge in [-0.05, 0) is 49.9 Å². The summed E-state index contributed by atoms with van der Waals surface area (Å²) in [5.74, 6) is 1.17. The van der Waals surface area contributed by atoms with Crippen LogP contribution in [0.4, 0.5) is 11.8 Å². The quantitative estimate of drug-likeness (QED) is 0.748. The van der Waals surface area contributed by atoms with Crippen LogP contribution in [0.2, 0.25) is 0 Å². The molecule has 1 aromatic carbocycles. The summed E-state index contributed by atoms with van der Waals surface area (Å²) in [6.07, 6.45) is 3.18. The lowest BCUT2D eigenvalue weighted by atomic mass is 9.96. The lowest BCUT2D eigenvalue weighted by Gasteiger charge is -2.29. The van der Waals surface area contributed by atoms with E-state index in [2.05, 4.69) is 20.4 Å². The lowest BCUT2D eigenvalue weighted by molar-refractivity contribution is -0.120. The zero-order valence-corrected chi connectivity index (χ0v) is 16.1. The summed E-state index contributed by atoms with van der Waals surface area (Å²) >= 11 is 0. The predicted molar refractivity (Wildman–Crippen MR) is 107 cm³/mol. The summed E-state index contributed by atoms with van der Waals surface area (Å²) < 4.78 is 5.47. The van der Waals surface area contributed by atoms with Crippen LogP contribution in [0.25, 0.3) is 11.4 Å². The van der Waals surface area contributed by atoms with Gasteiger partial charge in [-0.15, -0.1) is 0 Å². The molecule has 1 fully saturated rings. The fourth-order valence-corrected chi connectivity index (χ4v) is 3.44. The van der Waals surface area contributed by atoms with Crippen molar-refractivity contribution < 1.29 is 9.32 Å². The van der Waals surface area contributed by atoms with E-state index in [9.17, 15) is 4.79 Å². The van der Waals surface area contributed by atoms with Crippen molar-refractivity contribution in [2.45, 2.75) is 26.7 Å². The Kier molecular flexibility index (Phi) is 5.06. The zero-order chi connectivity index (χ0) is 19.5. The highest BCUT2D eigenvalue weighted by molar-refractivity contribution is 5.91. The van der Waals surface area contributed by atoms with E-state index in [4.69, 9.17) is 4.52 Å². The molecule has 4 rings (SSSR count).